The van der Waals surface area contributed by atoms with Crippen molar-refractivity contribution in [1.82, 2.24) is 4.98 Å². The molecule has 4 aliphatic heterocycles. The van der Waals surface area contributed by atoms with Gasteiger partial charge in [-0.25, -0.2) is 0 Å². The summed E-state index contributed by atoms with van der Waals surface area (Å²) in [7, 11) is -4.29. The molecule has 0 amide bonds. The monoisotopic (exact) mass is 771 g/mol. The second kappa shape index (κ2) is 12.2. The molecule has 9 aromatic rings. The summed E-state index contributed by atoms with van der Waals surface area (Å²) in [6.07, 6.45) is 2.04. The summed E-state index contributed by atoms with van der Waals surface area (Å²) in [5, 5.41) is 10.4. The molecule has 4 aliphatic rings. The Balaban J connectivity index is 1.09. The number of hydrogen-bond donors (Lipinski definition) is 0. The second-order valence-electron chi connectivity index (χ2n) is 17.4. The zero-order valence-electron chi connectivity index (χ0n) is 32.3. The molecular formula is C55H41NSi2. The first-order valence-electron chi connectivity index (χ1n) is 21.0. The highest BCUT2D eigenvalue weighted by molar-refractivity contribution is 7.03. The highest BCUT2D eigenvalue weighted by Gasteiger charge is 2.52. The minimum atomic E-state index is -2.15. The zero-order chi connectivity index (χ0) is 38.0. The Morgan fingerprint density at radius 1 is 0.328 bits per heavy atom. The molecule has 274 valence electrons. The topological polar surface area (TPSA) is 12.9 Å². The van der Waals surface area contributed by atoms with Crippen LogP contribution in [0.3, 0.4) is 0 Å². The summed E-state index contributed by atoms with van der Waals surface area (Å²) in [6, 6.07) is 75.3. The molecule has 0 unspecified atom stereocenters. The van der Waals surface area contributed by atoms with Gasteiger partial charge in [-0.15, -0.1) is 0 Å². The van der Waals surface area contributed by atoms with Crippen molar-refractivity contribution in [1.29, 1.82) is 0 Å². The lowest BCUT2D eigenvalue weighted by Crippen LogP contribution is -2.65. The molecule has 0 radical (unpaired) electrons. The van der Waals surface area contributed by atoms with Gasteiger partial charge in [-0.05, 0) is 117 Å². The van der Waals surface area contributed by atoms with E-state index in [0.29, 0.717) is 0 Å². The predicted molar refractivity (Wildman–Crippen MR) is 245 cm³/mol. The first-order valence-corrected chi connectivity index (χ1v) is 25.9. The fraction of sp³-hybridized carbons (Fsp3) is 0.109. The Bertz CT molecular complexity index is 2760. The molecule has 0 saturated carbocycles. The molecule has 1 nitrogen and oxygen atoms in total. The van der Waals surface area contributed by atoms with Crippen molar-refractivity contribution in [3.05, 3.63) is 244 Å². The number of nitrogens with zero attached hydrogens (tertiary/aromatic N) is 1. The van der Waals surface area contributed by atoms with Crippen LogP contribution >= 0.6 is 0 Å². The van der Waals surface area contributed by atoms with Gasteiger partial charge in [0, 0.05) is 23.4 Å². The van der Waals surface area contributed by atoms with Gasteiger partial charge in [0.15, 0.2) is 0 Å². The maximum Gasteiger partial charge on any atom is 0.127 e. The molecule has 3 heteroatoms. The van der Waals surface area contributed by atoms with E-state index in [1.807, 2.05) is 6.20 Å². The SMILES string of the molecule is c1ccc2c(c1)C[Si]1(C2)c2ccccc2C(c2c3ccccc3c(C3c4ccccc4[Si]4(Cc5ccccc5C4)c4ccccc43)c3ncccc23)c2ccccc21. The smallest absolute Gasteiger partial charge is 0.127 e. The van der Waals surface area contributed by atoms with Gasteiger partial charge in [0.25, 0.3) is 0 Å². The molecule has 0 fully saturated rings. The minimum absolute atomic E-state index is 0.0733. The van der Waals surface area contributed by atoms with E-state index in [0.717, 1.165) is 5.52 Å². The van der Waals surface area contributed by atoms with E-state index in [4.69, 9.17) is 4.98 Å². The van der Waals surface area contributed by atoms with Crippen LogP contribution in [0, 0.1) is 0 Å². The van der Waals surface area contributed by atoms with Crippen LogP contribution in [-0.2, 0) is 24.2 Å². The van der Waals surface area contributed by atoms with Gasteiger partial charge in [0.1, 0.15) is 16.1 Å². The number of fused-ring (bicyclic) bond motifs is 12. The van der Waals surface area contributed by atoms with Crippen molar-refractivity contribution in [3.63, 3.8) is 0 Å². The van der Waals surface area contributed by atoms with E-state index in [9.17, 15) is 0 Å². The molecule has 0 atom stereocenters. The van der Waals surface area contributed by atoms with Crippen LogP contribution in [-0.4, -0.2) is 21.1 Å². The fourth-order valence-corrected chi connectivity index (χ4v) is 23.8. The summed E-state index contributed by atoms with van der Waals surface area (Å²) in [4.78, 5) is 5.46. The standard InChI is InChI=1S/C55H41NSi2/c1-2-17-37-33-57(32-36(37)16-1)47-27-11-7-22-42(47)52(43-23-8-12-28-48(43)57)51-40-20-5-6-21-41(40)54(55-46(51)26-15-31-56-55)53-44-24-9-13-29-49(44)58(50-30-14-10-25-45(50)53)34-38-18-3-4-19-39(38)35-58/h1-31,52-53H,32-35H2. The number of hydrogen-bond acceptors (Lipinski definition) is 1. The van der Waals surface area contributed by atoms with Gasteiger partial charge in [-0.2, -0.15) is 0 Å². The third kappa shape index (κ3) is 4.33. The summed E-state index contributed by atoms with van der Waals surface area (Å²) in [5.74, 6) is 0.169. The third-order valence-electron chi connectivity index (χ3n) is 14.8. The lowest BCUT2D eigenvalue weighted by atomic mass is 9.75. The average Bonchev–Trinajstić information content (AvgIpc) is 3.88. The largest absolute Gasteiger partial charge is 0.256 e. The highest BCUT2D eigenvalue weighted by Crippen LogP contribution is 2.49. The van der Waals surface area contributed by atoms with Crippen LogP contribution in [0.15, 0.2) is 188 Å². The van der Waals surface area contributed by atoms with Crippen molar-refractivity contribution < 1.29 is 0 Å². The summed E-state index contributed by atoms with van der Waals surface area (Å²) in [5.41, 5.74) is 16.0. The van der Waals surface area contributed by atoms with E-state index in [-0.39, 0.29) is 11.8 Å². The number of benzene rings is 8. The first kappa shape index (κ1) is 32.9. The molecule has 0 bridgehead atoms. The van der Waals surface area contributed by atoms with Crippen molar-refractivity contribution in [2.24, 2.45) is 0 Å². The Labute approximate surface area is 341 Å². The van der Waals surface area contributed by atoms with Crippen molar-refractivity contribution in [2.45, 2.75) is 36.0 Å². The molecule has 0 aliphatic carbocycles. The predicted octanol–water partition coefficient (Wildman–Crippen LogP) is 9.26. The highest BCUT2D eigenvalue weighted by atomic mass is 28.3. The van der Waals surface area contributed by atoms with Gasteiger partial charge in [-0.3, -0.25) is 4.98 Å². The lowest BCUT2D eigenvalue weighted by Gasteiger charge is -2.42. The van der Waals surface area contributed by atoms with Crippen molar-refractivity contribution in [3.8, 4) is 0 Å². The summed E-state index contributed by atoms with van der Waals surface area (Å²) < 4.78 is 0. The van der Waals surface area contributed by atoms with Crippen LogP contribution < -0.4 is 20.7 Å². The zero-order valence-corrected chi connectivity index (χ0v) is 34.3. The minimum Gasteiger partial charge on any atom is -0.256 e. The first-order chi connectivity index (χ1) is 28.7. The normalized spacial score (nSPS) is 16.8. The van der Waals surface area contributed by atoms with Crippen LogP contribution in [0.4, 0.5) is 0 Å². The van der Waals surface area contributed by atoms with Gasteiger partial charge in [0.2, 0.25) is 0 Å². The lowest BCUT2D eigenvalue weighted by molar-refractivity contribution is 0.982. The van der Waals surface area contributed by atoms with Crippen LogP contribution in [0.1, 0.15) is 67.5 Å². The van der Waals surface area contributed by atoms with E-state index in [1.54, 1.807) is 43.0 Å². The maximum absolute atomic E-state index is 5.46. The molecule has 1 aromatic heterocycles. The Hall–Kier alpha value is -6.14. The number of rotatable bonds is 2. The Morgan fingerprint density at radius 2 is 0.655 bits per heavy atom. The van der Waals surface area contributed by atoms with Crippen LogP contribution in [0.2, 0.25) is 0 Å². The molecule has 58 heavy (non-hydrogen) atoms. The van der Waals surface area contributed by atoms with Gasteiger partial charge < -0.3 is 0 Å². The maximum atomic E-state index is 5.46. The number of aromatic nitrogens is 1. The molecule has 13 rings (SSSR count). The van der Waals surface area contributed by atoms with Crippen LogP contribution in [0.5, 0.6) is 0 Å². The molecule has 0 saturated heterocycles. The quantitative estimate of drug-likeness (QED) is 0.126. The van der Waals surface area contributed by atoms with Crippen molar-refractivity contribution >= 4 is 58.6 Å². The van der Waals surface area contributed by atoms with Crippen LogP contribution in [0.25, 0.3) is 21.7 Å². The molecule has 5 heterocycles. The van der Waals surface area contributed by atoms with Gasteiger partial charge >= 0.3 is 0 Å². The average molecular weight is 772 g/mol. The molecular weight excluding hydrogens is 731 g/mol. The fourth-order valence-electron chi connectivity index (χ4n) is 12.6. The van der Waals surface area contributed by atoms with E-state index in [1.165, 1.54) is 73.7 Å². The summed E-state index contributed by atoms with van der Waals surface area (Å²) in [6.45, 7) is 0. The Kier molecular flexibility index (Phi) is 6.91. The van der Waals surface area contributed by atoms with E-state index < -0.39 is 16.1 Å². The number of pyridine rings is 1. The molecule has 0 N–H and O–H groups in total. The Morgan fingerprint density at radius 3 is 1.09 bits per heavy atom. The van der Waals surface area contributed by atoms with Crippen molar-refractivity contribution in [2.75, 3.05) is 0 Å². The summed E-state index contributed by atoms with van der Waals surface area (Å²) >= 11 is 0. The van der Waals surface area contributed by atoms with E-state index in [2.05, 4.69) is 182 Å². The van der Waals surface area contributed by atoms with Gasteiger partial charge in [-0.1, -0.05) is 176 Å². The molecule has 2 spiro atoms. The van der Waals surface area contributed by atoms with Gasteiger partial charge in [0.05, 0.1) is 5.52 Å². The van der Waals surface area contributed by atoms with E-state index >= 15 is 0 Å². The molecule has 8 aromatic carbocycles. The second-order valence-corrected chi connectivity index (χ2v) is 25.3. The third-order valence-corrected chi connectivity index (χ3v) is 24.7.